The Kier molecular flexibility index (Phi) is 6.66. The number of aryl methyl sites for hydroxylation is 1. The van der Waals surface area contributed by atoms with Gasteiger partial charge in [-0.3, -0.25) is 9.69 Å². The molecule has 3 rings (SSSR count). The van der Waals surface area contributed by atoms with Crippen LogP contribution < -0.4 is 5.32 Å². The largest absolute Gasteiger partial charge is 0.324 e. The molecule has 29 heavy (non-hydrogen) atoms. The summed E-state index contributed by atoms with van der Waals surface area (Å²) in [4.78, 5) is 14.5. The van der Waals surface area contributed by atoms with Gasteiger partial charge in [0.1, 0.15) is 5.82 Å². The molecule has 2 aromatic rings. The highest BCUT2D eigenvalue weighted by molar-refractivity contribution is 7.88. The number of rotatable bonds is 6. The van der Waals surface area contributed by atoms with Crippen LogP contribution in [0, 0.1) is 12.7 Å². The first-order valence-corrected chi connectivity index (χ1v) is 11.2. The van der Waals surface area contributed by atoms with E-state index in [-0.39, 0.29) is 11.7 Å². The van der Waals surface area contributed by atoms with Gasteiger partial charge in [-0.1, -0.05) is 36.4 Å². The van der Waals surface area contributed by atoms with Gasteiger partial charge in [0.15, 0.2) is 0 Å². The molecule has 0 aromatic heterocycles. The minimum absolute atomic E-state index is 0.0251. The lowest BCUT2D eigenvalue weighted by Gasteiger charge is -2.36. The van der Waals surface area contributed by atoms with Gasteiger partial charge in [-0.2, -0.15) is 4.31 Å². The Morgan fingerprint density at radius 3 is 2.41 bits per heavy atom. The Hall–Kier alpha value is -2.29. The van der Waals surface area contributed by atoms with E-state index in [0.717, 1.165) is 11.1 Å². The van der Waals surface area contributed by atoms with E-state index in [9.17, 15) is 17.6 Å². The van der Waals surface area contributed by atoms with E-state index in [1.165, 1.54) is 16.4 Å². The highest BCUT2D eigenvalue weighted by Gasteiger charge is 2.31. The number of hydrogen-bond donors (Lipinski definition) is 1. The lowest BCUT2D eigenvalue weighted by atomic mass is 10.1. The number of sulfonamides is 1. The maximum Gasteiger partial charge on any atom is 0.241 e. The van der Waals surface area contributed by atoms with Gasteiger partial charge < -0.3 is 5.32 Å². The fourth-order valence-electron chi connectivity index (χ4n) is 3.38. The summed E-state index contributed by atoms with van der Waals surface area (Å²) in [7, 11) is -3.40. The molecule has 1 heterocycles. The molecule has 1 aliphatic rings. The summed E-state index contributed by atoms with van der Waals surface area (Å²) < 4.78 is 40.3. The van der Waals surface area contributed by atoms with Crippen LogP contribution in [0.15, 0.2) is 48.5 Å². The lowest BCUT2D eigenvalue weighted by Crippen LogP contribution is -2.54. The molecule has 0 saturated carbocycles. The molecular formula is C21H26FN3O3S. The Labute approximate surface area is 171 Å². The number of carbonyl (C=O) groups is 1. The second kappa shape index (κ2) is 9.02. The van der Waals surface area contributed by atoms with Gasteiger partial charge in [0, 0.05) is 31.9 Å². The minimum Gasteiger partial charge on any atom is -0.324 e. The van der Waals surface area contributed by atoms with E-state index < -0.39 is 21.9 Å². The zero-order valence-corrected chi connectivity index (χ0v) is 17.5. The van der Waals surface area contributed by atoms with E-state index in [1.54, 1.807) is 32.0 Å². The summed E-state index contributed by atoms with van der Waals surface area (Å²) in [5, 5.41) is 2.77. The van der Waals surface area contributed by atoms with Gasteiger partial charge in [-0.05, 0) is 37.1 Å². The number of piperazine rings is 1. The Bertz CT molecular complexity index is 958. The predicted octanol–water partition coefficient (Wildman–Crippen LogP) is 2.61. The van der Waals surface area contributed by atoms with Gasteiger partial charge in [0.05, 0.1) is 11.8 Å². The average Bonchev–Trinajstić information content (AvgIpc) is 2.70. The van der Waals surface area contributed by atoms with Crippen LogP contribution in [0.4, 0.5) is 10.1 Å². The van der Waals surface area contributed by atoms with E-state index in [4.69, 9.17) is 0 Å². The fourth-order valence-corrected chi connectivity index (χ4v) is 4.89. The number of halogens is 1. The average molecular weight is 420 g/mol. The van der Waals surface area contributed by atoms with E-state index in [2.05, 4.69) is 5.32 Å². The molecular weight excluding hydrogens is 393 g/mol. The quantitative estimate of drug-likeness (QED) is 0.782. The Morgan fingerprint density at radius 1 is 1.10 bits per heavy atom. The first-order valence-electron chi connectivity index (χ1n) is 9.59. The summed E-state index contributed by atoms with van der Waals surface area (Å²) in [6.45, 7) is 5.18. The third kappa shape index (κ3) is 5.41. The first kappa shape index (κ1) is 21.4. The molecule has 0 bridgehead atoms. The van der Waals surface area contributed by atoms with Crippen molar-refractivity contribution >= 4 is 21.6 Å². The Balaban J connectivity index is 1.56. The van der Waals surface area contributed by atoms with Crippen molar-refractivity contribution in [3.63, 3.8) is 0 Å². The summed E-state index contributed by atoms with van der Waals surface area (Å²) in [6.07, 6.45) is 0. The Morgan fingerprint density at radius 2 is 1.76 bits per heavy atom. The van der Waals surface area contributed by atoms with Crippen molar-refractivity contribution < 1.29 is 17.6 Å². The summed E-state index contributed by atoms with van der Waals surface area (Å²) in [5.74, 6) is -0.669. The van der Waals surface area contributed by atoms with Crippen molar-refractivity contribution in [3.05, 3.63) is 65.5 Å². The first-order chi connectivity index (χ1) is 13.8. The molecule has 1 N–H and O–H groups in total. The SMILES string of the molecule is Cc1ccc(F)cc1NC(=O)C(C)N1CCN(S(=O)(=O)Cc2ccccc2)CC1. The van der Waals surface area contributed by atoms with E-state index in [1.807, 2.05) is 23.1 Å². The summed E-state index contributed by atoms with van der Waals surface area (Å²) in [6, 6.07) is 12.9. The monoisotopic (exact) mass is 419 g/mol. The molecule has 1 atom stereocenters. The van der Waals surface area contributed by atoms with Crippen LogP contribution in [0.1, 0.15) is 18.1 Å². The smallest absolute Gasteiger partial charge is 0.241 e. The van der Waals surface area contributed by atoms with Gasteiger partial charge in [-0.25, -0.2) is 12.8 Å². The molecule has 1 unspecified atom stereocenters. The molecule has 1 amide bonds. The summed E-state index contributed by atoms with van der Waals surface area (Å²) >= 11 is 0. The highest BCUT2D eigenvalue weighted by Crippen LogP contribution is 2.18. The number of nitrogens with zero attached hydrogens (tertiary/aromatic N) is 2. The van der Waals surface area contributed by atoms with Gasteiger partial charge in [-0.15, -0.1) is 0 Å². The third-order valence-corrected chi connectivity index (χ3v) is 7.09. The van der Waals surface area contributed by atoms with Crippen LogP contribution in [-0.4, -0.2) is 55.8 Å². The van der Waals surface area contributed by atoms with Gasteiger partial charge in [0.25, 0.3) is 0 Å². The molecule has 0 radical (unpaired) electrons. The van der Waals surface area contributed by atoms with E-state index >= 15 is 0 Å². The van der Waals surface area contributed by atoms with Crippen LogP contribution in [-0.2, 0) is 20.6 Å². The lowest BCUT2D eigenvalue weighted by molar-refractivity contribution is -0.121. The van der Waals surface area contributed by atoms with Crippen molar-refractivity contribution in [2.24, 2.45) is 0 Å². The number of carbonyl (C=O) groups excluding carboxylic acids is 1. The van der Waals surface area contributed by atoms with Crippen molar-refractivity contribution in [1.82, 2.24) is 9.21 Å². The van der Waals surface area contributed by atoms with Crippen molar-refractivity contribution in [2.75, 3.05) is 31.5 Å². The van der Waals surface area contributed by atoms with Crippen molar-refractivity contribution in [1.29, 1.82) is 0 Å². The summed E-state index contributed by atoms with van der Waals surface area (Å²) in [5.41, 5.74) is 1.99. The van der Waals surface area contributed by atoms with Crippen LogP contribution in [0.2, 0.25) is 0 Å². The normalized spacial score (nSPS) is 17.1. The number of benzene rings is 2. The highest BCUT2D eigenvalue weighted by atomic mass is 32.2. The van der Waals surface area contributed by atoms with Crippen LogP contribution in [0.3, 0.4) is 0 Å². The fraction of sp³-hybridized carbons (Fsp3) is 0.381. The maximum atomic E-state index is 13.4. The zero-order chi connectivity index (χ0) is 21.0. The van der Waals surface area contributed by atoms with Crippen molar-refractivity contribution in [2.45, 2.75) is 25.6 Å². The van der Waals surface area contributed by atoms with Crippen LogP contribution in [0.25, 0.3) is 0 Å². The number of hydrogen-bond acceptors (Lipinski definition) is 4. The maximum absolute atomic E-state index is 13.4. The molecule has 1 fully saturated rings. The standard InChI is InChI=1S/C21H26FN3O3S/c1-16-8-9-19(22)14-20(16)23-21(26)17(2)24-10-12-25(13-11-24)29(27,28)15-18-6-4-3-5-7-18/h3-9,14,17H,10-13,15H2,1-2H3,(H,23,26). The molecule has 0 spiro atoms. The molecule has 6 nitrogen and oxygen atoms in total. The second-order valence-electron chi connectivity index (χ2n) is 7.30. The second-order valence-corrected chi connectivity index (χ2v) is 9.27. The van der Waals surface area contributed by atoms with Crippen molar-refractivity contribution in [3.8, 4) is 0 Å². The molecule has 1 aliphatic heterocycles. The molecule has 8 heteroatoms. The topological polar surface area (TPSA) is 69.7 Å². The molecule has 0 aliphatic carbocycles. The van der Waals surface area contributed by atoms with E-state index in [0.29, 0.717) is 31.9 Å². The zero-order valence-electron chi connectivity index (χ0n) is 16.6. The number of anilines is 1. The molecule has 1 saturated heterocycles. The van der Waals surface area contributed by atoms with Gasteiger partial charge in [0.2, 0.25) is 15.9 Å². The third-order valence-electron chi connectivity index (χ3n) is 5.24. The van der Waals surface area contributed by atoms with Crippen LogP contribution >= 0.6 is 0 Å². The number of amides is 1. The number of nitrogens with one attached hydrogen (secondary N) is 1. The molecule has 156 valence electrons. The van der Waals surface area contributed by atoms with Crippen LogP contribution in [0.5, 0.6) is 0 Å². The minimum atomic E-state index is -3.40. The predicted molar refractivity (Wildman–Crippen MR) is 111 cm³/mol. The molecule has 2 aromatic carbocycles. The van der Waals surface area contributed by atoms with Gasteiger partial charge >= 0.3 is 0 Å².